The Morgan fingerprint density at radius 3 is 1.02 bits per heavy atom. The molecule has 0 unspecified atom stereocenters. The Kier molecular flexibility index (Phi) is 32.0. The molecule has 0 heterocycles. The van der Waals surface area contributed by atoms with Gasteiger partial charge in [-0.2, -0.15) is 0 Å². The van der Waals surface area contributed by atoms with E-state index in [1.807, 2.05) is 4.90 Å². The largest absolute Gasteiger partial charge is 0.344 e. The highest BCUT2D eigenvalue weighted by Crippen LogP contribution is 2.49. The van der Waals surface area contributed by atoms with Gasteiger partial charge >= 0.3 is 7.60 Å². The normalized spacial score (nSPS) is 12.1. The van der Waals surface area contributed by atoms with E-state index >= 15 is 0 Å². The first-order valence-electron chi connectivity index (χ1n) is 17.6. The van der Waals surface area contributed by atoms with Crippen LogP contribution in [0.1, 0.15) is 168 Å². The standard InChI is InChI=1S/C33H72N3O3P/c1-3-5-7-9-11-13-15-17-19-21-23-25-31-38-40(37,33-36(29-27-34)30-28-35)39-32-26-24-22-20-18-16-14-12-10-8-6-4-2/h3-35H2,1-2H3. The van der Waals surface area contributed by atoms with E-state index in [1.54, 1.807) is 0 Å². The Balaban J connectivity index is 4.09. The minimum absolute atomic E-state index is 0.290. The van der Waals surface area contributed by atoms with E-state index in [2.05, 4.69) is 13.8 Å². The van der Waals surface area contributed by atoms with Crippen molar-refractivity contribution in [1.29, 1.82) is 0 Å². The maximum Gasteiger partial charge on any atom is 0.344 e. The molecule has 0 fully saturated rings. The third kappa shape index (κ3) is 28.2. The van der Waals surface area contributed by atoms with E-state index in [0.717, 1.165) is 25.7 Å². The molecule has 0 aliphatic carbocycles. The molecule has 7 heteroatoms. The van der Waals surface area contributed by atoms with E-state index in [9.17, 15) is 4.57 Å². The molecular formula is C33H72N3O3P. The Hall–Kier alpha value is 0.0300. The van der Waals surface area contributed by atoms with Crippen LogP contribution in [0.3, 0.4) is 0 Å². The highest BCUT2D eigenvalue weighted by Gasteiger charge is 2.27. The molecule has 40 heavy (non-hydrogen) atoms. The fourth-order valence-electron chi connectivity index (χ4n) is 5.28. The van der Waals surface area contributed by atoms with Crippen LogP contribution in [0, 0.1) is 0 Å². The van der Waals surface area contributed by atoms with Crippen molar-refractivity contribution in [3.8, 4) is 0 Å². The summed E-state index contributed by atoms with van der Waals surface area (Å²) in [4.78, 5) is 2.03. The molecule has 0 bridgehead atoms. The molecule has 0 radical (unpaired) electrons. The first-order valence-corrected chi connectivity index (χ1v) is 19.3. The molecule has 0 saturated carbocycles. The van der Waals surface area contributed by atoms with Crippen molar-refractivity contribution >= 4 is 7.60 Å². The summed E-state index contributed by atoms with van der Waals surface area (Å²) in [5.74, 6) is 0. The summed E-state index contributed by atoms with van der Waals surface area (Å²) in [6, 6.07) is 0. The quantitative estimate of drug-likeness (QED) is 0.0573. The number of unbranched alkanes of at least 4 members (excludes halogenated alkanes) is 22. The van der Waals surface area contributed by atoms with Crippen LogP contribution in [0.5, 0.6) is 0 Å². The summed E-state index contributed by atoms with van der Waals surface area (Å²) in [7, 11) is -3.18. The number of nitrogens with two attached hydrogens (primary N) is 2. The van der Waals surface area contributed by atoms with Crippen molar-refractivity contribution in [2.24, 2.45) is 11.5 Å². The average molecular weight is 590 g/mol. The Bertz CT molecular complexity index is 499. The fourth-order valence-corrected chi connectivity index (χ4v) is 7.10. The van der Waals surface area contributed by atoms with Gasteiger partial charge in [0.25, 0.3) is 0 Å². The minimum atomic E-state index is -3.18. The highest BCUT2D eigenvalue weighted by atomic mass is 31.2. The van der Waals surface area contributed by atoms with Gasteiger partial charge in [-0.3, -0.25) is 9.46 Å². The molecule has 0 aromatic rings. The van der Waals surface area contributed by atoms with E-state index in [4.69, 9.17) is 20.5 Å². The van der Waals surface area contributed by atoms with Crippen molar-refractivity contribution < 1.29 is 13.6 Å². The number of hydrogen-bond donors (Lipinski definition) is 2. The molecule has 242 valence electrons. The molecule has 0 saturated heterocycles. The second kappa shape index (κ2) is 32.0. The molecule has 4 N–H and O–H groups in total. The van der Waals surface area contributed by atoms with Crippen LogP contribution in [0.15, 0.2) is 0 Å². The topological polar surface area (TPSA) is 90.8 Å². The molecule has 0 amide bonds. The third-order valence-electron chi connectivity index (χ3n) is 7.84. The maximum absolute atomic E-state index is 13.6. The van der Waals surface area contributed by atoms with Gasteiger partial charge in [0.1, 0.15) is 6.29 Å². The monoisotopic (exact) mass is 590 g/mol. The van der Waals surface area contributed by atoms with Crippen molar-refractivity contribution in [3.63, 3.8) is 0 Å². The predicted molar refractivity (Wildman–Crippen MR) is 176 cm³/mol. The van der Waals surface area contributed by atoms with E-state index in [1.165, 1.54) is 128 Å². The number of hydrogen-bond acceptors (Lipinski definition) is 6. The first-order chi connectivity index (χ1) is 19.6. The summed E-state index contributed by atoms with van der Waals surface area (Å²) in [6.45, 7) is 7.90. The third-order valence-corrected chi connectivity index (χ3v) is 9.73. The van der Waals surface area contributed by atoms with Gasteiger partial charge in [0.15, 0.2) is 0 Å². The Morgan fingerprint density at radius 1 is 0.475 bits per heavy atom. The highest BCUT2D eigenvalue weighted by molar-refractivity contribution is 7.53. The fraction of sp³-hybridized carbons (Fsp3) is 1.00. The van der Waals surface area contributed by atoms with Crippen molar-refractivity contribution in [1.82, 2.24) is 4.90 Å². The smallest absolute Gasteiger partial charge is 0.329 e. The Morgan fingerprint density at radius 2 is 0.750 bits per heavy atom. The first kappa shape index (κ1) is 40.0. The molecule has 0 aliphatic heterocycles. The van der Waals surface area contributed by atoms with Crippen molar-refractivity contribution in [2.45, 2.75) is 168 Å². The minimum Gasteiger partial charge on any atom is -0.329 e. The summed E-state index contributed by atoms with van der Waals surface area (Å²) in [6.07, 6.45) is 31.5. The van der Waals surface area contributed by atoms with Gasteiger partial charge < -0.3 is 20.5 Å². The summed E-state index contributed by atoms with van der Waals surface area (Å²) in [5, 5.41) is 0. The van der Waals surface area contributed by atoms with Gasteiger partial charge in [-0.15, -0.1) is 0 Å². The van der Waals surface area contributed by atoms with E-state index < -0.39 is 7.60 Å². The maximum atomic E-state index is 13.6. The molecule has 0 aromatic heterocycles. The second-order valence-corrected chi connectivity index (χ2v) is 13.9. The van der Waals surface area contributed by atoms with Gasteiger partial charge in [-0.1, -0.05) is 155 Å². The predicted octanol–water partition coefficient (Wildman–Crippen LogP) is 9.79. The van der Waals surface area contributed by atoms with Crippen LogP contribution in [0.25, 0.3) is 0 Å². The molecule has 0 spiro atoms. The zero-order valence-corrected chi connectivity index (χ0v) is 28.1. The van der Waals surface area contributed by atoms with Crippen LogP contribution in [0.2, 0.25) is 0 Å². The lowest BCUT2D eigenvalue weighted by Gasteiger charge is -2.26. The lowest BCUT2D eigenvalue weighted by Crippen LogP contribution is -2.35. The average Bonchev–Trinajstić information content (AvgIpc) is 2.94. The van der Waals surface area contributed by atoms with Crippen LogP contribution in [-0.4, -0.2) is 50.6 Å². The summed E-state index contributed by atoms with van der Waals surface area (Å²) in [5.41, 5.74) is 11.6. The molecular weight excluding hydrogens is 517 g/mol. The van der Waals surface area contributed by atoms with Crippen LogP contribution in [0.4, 0.5) is 0 Å². The molecule has 0 aromatic carbocycles. The van der Waals surface area contributed by atoms with E-state index in [-0.39, 0.29) is 6.29 Å². The van der Waals surface area contributed by atoms with Crippen LogP contribution >= 0.6 is 7.60 Å². The number of rotatable bonds is 34. The van der Waals surface area contributed by atoms with Gasteiger partial charge in [0.2, 0.25) is 0 Å². The lowest BCUT2D eigenvalue weighted by molar-refractivity contribution is 0.179. The molecule has 0 aliphatic rings. The zero-order chi connectivity index (χ0) is 29.4. The molecule has 0 atom stereocenters. The lowest BCUT2D eigenvalue weighted by atomic mass is 10.1. The molecule has 6 nitrogen and oxygen atoms in total. The zero-order valence-electron chi connectivity index (χ0n) is 27.2. The molecule has 0 rings (SSSR count). The van der Waals surface area contributed by atoms with Crippen LogP contribution in [-0.2, 0) is 13.6 Å². The van der Waals surface area contributed by atoms with Gasteiger partial charge in [0, 0.05) is 26.2 Å². The van der Waals surface area contributed by atoms with Gasteiger partial charge in [0.05, 0.1) is 13.2 Å². The van der Waals surface area contributed by atoms with Gasteiger partial charge in [-0.05, 0) is 12.8 Å². The van der Waals surface area contributed by atoms with Crippen molar-refractivity contribution in [3.05, 3.63) is 0 Å². The summed E-state index contributed by atoms with van der Waals surface area (Å²) < 4.78 is 25.5. The second-order valence-electron chi connectivity index (χ2n) is 11.9. The van der Waals surface area contributed by atoms with E-state index in [0.29, 0.717) is 39.4 Å². The summed E-state index contributed by atoms with van der Waals surface area (Å²) >= 11 is 0. The van der Waals surface area contributed by atoms with Crippen molar-refractivity contribution in [2.75, 3.05) is 45.7 Å². The van der Waals surface area contributed by atoms with Crippen LogP contribution < -0.4 is 11.5 Å². The Labute approximate surface area is 251 Å². The number of nitrogens with zero attached hydrogens (tertiary/aromatic N) is 1. The SMILES string of the molecule is CCCCCCCCCCCCCCOP(=O)(CN(CCN)CCN)OCCCCCCCCCCCCCC. The van der Waals surface area contributed by atoms with Gasteiger partial charge in [-0.25, -0.2) is 0 Å².